The van der Waals surface area contributed by atoms with Crippen LogP contribution in [0, 0.1) is 5.82 Å². The number of alkyl halides is 3. The Kier molecular flexibility index (Phi) is 6.03. The van der Waals surface area contributed by atoms with Crippen molar-refractivity contribution in [2.24, 2.45) is 0 Å². The van der Waals surface area contributed by atoms with Gasteiger partial charge >= 0.3 is 6.18 Å². The number of hydrogen-bond donors (Lipinski definition) is 1. The largest absolute Gasteiger partial charge is 0.416 e. The molecule has 0 saturated heterocycles. The normalized spacial score (nSPS) is 11.4. The van der Waals surface area contributed by atoms with Crippen LogP contribution in [0.1, 0.15) is 11.1 Å². The monoisotopic (exact) mass is 409 g/mol. The number of hydrogen-bond acceptors (Lipinski definition) is 3. The van der Waals surface area contributed by atoms with Crippen molar-refractivity contribution in [1.82, 2.24) is 9.55 Å². The predicted molar refractivity (Wildman–Crippen MR) is 98.5 cm³/mol. The number of imidazole rings is 1. The van der Waals surface area contributed by atoms with Gasteiger partial charge in [-0.1, -0.05) is 30.0 Å². The van der Waals surface area contributed by atoms with Crippen LogP contribution < -0.4 is 5.32 Å². The van der Waals surface area contributed by atoms with Crippen molar-refractivity contribution < 1.29 is 22.4 Å². The van der Waals surface area contributed by atoms with Gasteiger partial charge in [-0.15, -0.1) is 0 Å². The lowest BCUT2D eigenvalue weighted by Crippen LogP contribution is -2.15. The van der Waals surface area contributed by atoms with E-state index in [1.807, 2.05) is 0 Å². The summed E-state index contributed by atoms with van der Waals surface area (Å²) in [5, 5.41) is 3.03. The minimum Gasteiger partial charge on any atom is -0.325 e. The first-order valence-corrected chi connectivity index (χ1v) is 9.15. The summed E-state index contributed by atoms with van der Waals surface area (Å²) in [6.45, 7) is 0.456. The molecule has 0 aliphatic carbocycles. The summed E-state index contributed by atoms with van der Waals surface area (Å²) in [6, 6.07) is 10.5. The predicted octanol–water partition coefficient (Wildman–Crippen LogP) is 4.82. The quantitative estimate of drug-likeness (QED) is 0.469. The lowest BCUT2D eigenvalue weighted by molar-refractivity contribution is -0.137. The van der Waals surface area contributed by atoms with E-state index in [9.17, 15) is 22.4 Å². The number of carbonyl (C=O) groups is 1. The molecule has 3 aromatic rings. The lowest BCUT2D eigenvalue weighted by atomic mass is 10.2. The molecule has 0 bridgehead atoms. The van der Waals surface area contributed by atoms with Crippen molar-refractivity contribution in [2.45, 2.75) is 17.9 Å². The Morgan fingerprint density at radius 3 is 2.61 bits per heavy atom. The summed E-state index contributed by atoms with van der Waals surface area (Å²) < 4.78 is 53.0. The van der Waals surface area contributed by atoms with E-state index in [0.717, 1.165) is 29.5 Å². The summed E-state index contributed by atoms with van der Waals surface area (Å²) in [6.07, 6.45) is -1.16. The molecule has 4 nitrogen and oxygen atoms in total. The molecule has 1 amide bonds. The van der Waals surface area contributed by atoms with Crippen LogP contribution in [-0.2, 0) is 17.5 Å². The molecule has 28 heavy (non-hydrogen) atoms. The average molecular weight is 409 g/mol. The number of rotatable bonds is 6. The van der Waals surface area contributed by atoms with Gasteiger partial charge in [0.2, 0.25) is 5.91 Å². The SMILES string of the molecule is O=C(CSc1nccn1Cc1ccc(F)cc1)Nc1cccc(C(F)(F)F)c1. The van der Waals surface area contributed by atoms with Crippen LogP contribution in [0.25, 0.3) is 0 Å². The van der Waals surface area contributed by atoms with Crippen molar-refractivity contribution in [3.63, 3.8) is 0 Å². The number of benzene rings is 2. The maximum absolute atomic E-state index is 13.0. The van der Waals surface area contributed by atoms with E-state index in [-0.39, 0.29) is 17.3 Å². The van der Waals surface area contributed by atoms with Crippen molar-refractivity contribution in [3.8, 4) is 0 Å². The molecule has 1 aromatic heterocycles. The highest BCUT2D eigenvalue weighted by molar-refractivity contribution is 7.99. The summed E-state index contributed by atoms with van der Waals surface area (Å²) in [4.78, 5) is 16.3. The van der Waals surface area contributed by atoms with Crippen LogP contribution in [0.4, 0.5) is 23.2 Å². The molecular formula is C19H15F4N3OS. The second-order valence-electron chi connectivity index (χ2n) is 5.88. The Labute approximate surface area is 162 Å². The Hall–Kier alpha value is -2.81. The highest BCUT2D eigenvalue weighted by atomic mass is 32.2. The van der Waals surface area contributed by atoms with Crippen LogP contribution in [0.3, 0.4) is 0 Å². The minimum absolute atomic E-state index is 0.0172. The molecule has 1 N–H and O–H groups in total. The molecule has 0 aliphatic heterocycles. The topological polar surface area (TPSA) is 46.9 Å². The molecule has 0 aliphatic rings. The van der Waals surface area contributed by atoms with Gasteiger partial charge in [0.05, 0.1) is 11.3 Å². The number of thioether (sulfide) groups is 1. The highest BCUT2D eigenvalue weighted by Gasteiger charge is 2.30. The summed E-state index contributed by atoms with van der Waals surface area (Å²) in [5.74, 6) is -0.785. The molecule has 146 valence electrons. The van der Waals surface area contributed by atoms with Gasteiger partial charge in [-0.2, -0.15) is 13.2 Å². The smallest absolute Gasteiger partial charge is 0.325 e. The molecule has 9 heteroatoms. The fraction of sp³-hybridized carbons (Fsp3) is 0.158. The molecule has 2 aromatic carbocycles. The molecule has 0 spiro atoms. The number of nitrogens with zero attached hydrogens (tertiary/aromatic N) is 2. The summed E-state index contributed by atoms with van der Waals surface area (Å²) >= 11 is 1.16. The van der Waals surface area contributed by atoms with E-state index in [0.29, 0.717) is 11.7 Å². The molecule has 0 saturated carbocycles. The Balaban J connectivity index is 1.58. The van der Waals surface area contributed by atoms with Gasteiger partial charge in [0.25, 0.3) is 0 Å². The molecule has 1 heterocycles. The first kappa shape index (κ1) is 19.9. The van der Waals surface area contributed by atoms with Gasteiger partial charge in [0.15, 0.2) is 5.16 Å². The second kappa shape index (κ2) is 8.47. The molecule has 0 fully saturated rings. The lowest BCUT2D eigenvalue weighted by Gasteiger charge is -2.10. The first-order valence-electron chi connectivity index (χ1n) is 8.17. The van der Waals surface area contributed by atoms with E-state index in [1.54, 1.807) is 29.1 Å². The van der Waals surface area contributed by atoms with Gasteiger partial charge in [0.1, 0.15) is 5.82 Å². The third-order valence-corrected chi connectivity index (χ3v) is 4.75. The van der Waals surface area contributed by atoms with Crippen molar-refractivity contribution >= 4 is 23.4 Å². The molecule has 3 rings (SSSR count). The number of carbonyl (C=O) groups excluding carboxylic acids is 1. The van der Waals surface area contributed by atoms with E-state index in [2.05, 4.69) is 10.3 Å². The van der Waals surface area contributed by atoms with E-state index >= 15 is 0 Å². The number of amides is 1. The molecule has 0 unspecified atom stereocenters. The van der Waals surface area contributed by atoms with Gasteiger partial charge < -0.3 is 9.88 Å². The maximum atomic E-state index is 13.0. The Morgan fingerprint density at radius 2 is 1.89 bits per heavy atom. The zero-order chi connectivity index (χ0) is 20.1. The zero-order valence-electron chi connectivity index (χ0n) is 14.4. The summed E-state index contributed by atoms with van der Waals surface area (Å²) in [7, 11) is 0. The van der Waals surface area contributed by atoms with Crippen molar-refractivity contribution in [1.29, 1.82) is 0 Å². The third kappa shape index (κ3) is 5.35. The van der Waals surface area contributed by atoms with Crippen LogP contribution in [0.2, 0.25) is 0 Å². The zero-order valence-corrected chi connectivity index (χ0v) is 15.2. The first-order chi connectivity index (χ1) is 13.3. The van der Waals surface area contributed by atoms with E-state index in [4.69, 9.17) is 0 Å². The molecule has 0 radical (unpaired) electrons. The van der Waals surface area contributed by atoms with Crippen molar-refractivity contribution in [3.05, 3.63) is 77.9 Å². The Bertz CT molecular complexity index is 954. The highest BCUT2D eigenvalue weighted by Crippen LogP contribution is 2.30. The minimum atomic E-state index is -4.47. The van der Waals surface area contributed by atoms with Crippen molar-refractivity contribution in [2.75, 3.05) is 11.1 Å². The van der Waals surface area contributed by atoms with Gasteiger partial charge in [-0.05, 0) is 35.9 Å². The average Bonchev–Trinajstić information content (AvgIpc) is 3.08. The second-order valence-corrected chi connectivity index (χ2v) is 6.82. The van der Waals surface area contributed by atoms with Crippen LogP contribution >= 0.6 is 11.8 Å². The Morgan fingerprint density at radius 1 is 1.14 bits per heavy atom. The number of aromatic nitrogens is 2. The standard InChI is InChI=1S/C19H15F4N3OS/c20-15-6-4-13(5-7-15)11-26-9-8-24-18(26)28-12-17(27)25-16-3-1-2-14(10-16)19(21,22)23/h1-10H,11-12H2,(H,25,27). The van der Waals surface area contributed by atoms with Crippen LogP contribution in [0.15, 0.2) is 66.1 Å². The van der Waals surface area contributed by atoms with Gasteiger partial charge in [0, 0.05) is 24.6 Å². The van der Waals surface area contributed by atoms with Gasteiger partial charge in [-0.3, -0.25) is 4.79 Å². The van der Waals surface area contributed by atoms with E-state index in [1.165, 1.54) is 24.3 Å². The maximum Gasteiger partial charge on any atom is 0.416 e. The van der Waals surface area contributed by atoms with E-state index < -0.39 is 17.6 Å². The van der Waals surface area contributed by atoms with Crippen LogP contribution in [-0.4, -0.2) is 21.2 Å². The third-order valence-electron chi connectivity index (χ3n) is 3.75. The number of anilines is 1. The fourth-order valence-electron chi connectivity index (χ4n) is 2.44. The fourth-order valence-corrected chi connectivity index (χ4v) is 3.20. The summed E-state index contributed by atoms with van der Waals surface area (Å²) in [5.41, 5.74) is 0.123. The molecule has 0 atom stereocenters. The van der Waals surface area contributed by atoms with Crippen LogP contribution in [0.5, 0.6) is 0 Å². The van der Waals surface area contributed by atoms with Gasteiger partial charge in [-0.25, -0.2) is 9.37 Å². The number of nitrogens with one attached hydrogen (secondary N) is 1. The number of halogens is 4. The molecular weight excluding hydrogens is 394 g/mol.